The number of methoxy groups -OCH3 is 1. The minimum atomic E-state index is -1.40. The van der Waals surface area contributed by atoms with Gasteiger partial charge in [0.05, 0.1) is 26.2 Å². The van der Waals surface area contributed by atoms with E-state index in [2.05, 4.69) is 16.0 Å². The van der Waals surface area contributed by atoms with Crippen molar-refractivity contribution in [2.75, 3.05) is 26.8 Å². The molecule has 0 aliphatic carbocycles. The molecule has 0 spiro atoms. The van der Waals surface area contributed by atoms with Crippen molar-refractivity contribution in [1.29, 1.82) is 0 Å². The fraction of sp³-hybridized carbons (Fsp3) is 0.423. The number of aliphatic hydroxyl groups excluding tert-OH is 1. The lowest BCUT2D eigenvalue weighted by Crippen LogP contribution is -2.53. The lowest BCUT2D eigenvalue weighted by Gasteiger charge is -2.26. The molecular weight excluding hydrogens is 466 g/mol. The molecule has 194 valence electrons. The molecule has 1 saturated heterocycles. The second kappa shape index (κ2) is 13.6. The Morgan fingerprint density at radius 2 is 1.83 bits per heavy atom. The Bertz CT molecular complexity index is 994. The third-order valence-corrected chi connectivity index (χ3v) is 5.74. The monoisotopic (exact) mass is 499 g/mol. The second-order valence-electron chi connectivity index (χ2n) is 8.49. The maximum absolute atomic E-state index is 13.0. The first-order valence-electron chi connectivity index (χ1n) is 11.8. The molecule has 3 rings (SSSR count). The van der Waals surface area contributed by atoms with E-state index in [4.69, 9.17) is 14.2 Å². The summed E-state index contributed by atoms with van der Waals surface area (Å²) >= 11 is 0. The largest absolute Gasteiger partial charge is 0.497 e. The van der Waals surface area contributed by atoms with Crippen LogP contribution in [-0.2, 0) is 30.5 Å². The third-order valence-electron chi connectivity index (χ3n) is 5.74. The highest BCUT2D eigenvalue weighted by atomic mass is 16.5. The van der Waals surface area contributed by atoms with E-state index in [-0.39, 0.29) is 25.0 Å². The minimum absolute atomic E-state index is 0.0247. The van der Waals surface area contributed by atoms with Gasteiger partial charge in [0.15, 0.2) is 6.04 Å². The quantitative estimate of drug-likeness (QED) is 0.334. The number of carbonyl (C=O) groups is 3. The molecule has 0 saturated carbocycles. The highest BCUT2D eigenvalue weighted by Gasteiger charge is 2.33. The number of hydrogen-bond donors (Lipinski definition) is 4. The topological polar surface area (TPSA) is 135 Å². The van der Waals surface area contributed by atoms with Gasteiger partial charge < -0.3 is 35.3 Å². The number of rotatable bonds is 11. The Morgan fingerprint density at radius 1 is 1.11 bits per heavy atom. The van der Waals surface area contributed by atoms with Crippen LogP contribution in [0, 0.1) is 0 Å². The van der Waals surface area contributed by atoms with Crippen molar-refractivity contribution in [2.24, 2.45) is 0 Å². The van der Waals surface area contributed by atoms with Gasteiger partial charge in [0.2, 0.25) is 11.8 Å². The minimum Gasteiger partial charge on any atom is -0.497 e. The van der Waals surface area contributed by atoms with Crippen LogP contribution in [0.4, 0.5) is 0 Å². The van der Waals surface area contributed by atoms with Crippen LogP contribution in [0.3, 0.4) is 0 Å². The summed E-state index contributed by atoms with van der Waals surface area (Å²) in [4.78, 5) is 38.2. The predicted molar refractivity (Wildman–Crippen MR) is 131 cm³/mol. The van der Waals surface area contributed by atoms with Gasteiger partial charge in [0.25, 0.3) is 0 Å². The summed E-state index contributed by atoms with van der Waals surface area (Å²) in [6.07, 6.45) is -1.57. The van der Waals surface area contributed by atoms with Gasteiger partial charge in [-0.1, -0.05) is 42.5 Å². The number of hydrogen-bond acceptors (Lipinski definition) is 8. The first-order chi connectivity index (χ1) is 17.4. The highest BCUT2D eigenvalue weighted by Crippen LogP contribution is 2.22. The standard InChI is InChI=1S/C26H33N3O7/c1-17(28-22(30)14-21-15-27-12-13-35-21)25(32)29-23(24(31)19-8-10-20(34-2)11-9-19)26(33)36-16-18-6-4-3-5-7-18/h3-11,17,21,23-24,27,31H,12-16H2,1-2H3,(H,28,30)(H,29,32)/t17-,21?,23-,24+/m0/s1. The smallest absolute Gasteiger partial charge is 0.332 e. The van der Waals surface area contributed by atoms with Gasteiger partial charge in [0.1, 0.15) is 24.5 Å². The zero-order chi connectivity index (χ0) is 25.9. The van der Waals surface area contributed by atoms with E-state index >= 15 is 0 Å². The summed E-state index contributed by atoms with van der Waals surface area (Å²) in [5, 5.41) is 19.3. The van der Waals surface area contributed by atoms with Gasteiger partial charge in [0, 0.05) is 13.1 Å². The first-order valence-corrected chi connectivity index (χ1v) is 11.8. The van der Waals surface area contributed by atoms with Gasteiger partial charge in [-0.15, -0.1) is 0 Å². The number of aliphatic hydroxyl groups is 1. The van der Waals surface area contributed by atoms with E-state index in [0.29, 0.717) is 24.5 Å². The van der Waals surface area contributed by atoms with Crippen molar-refractivity contribution in [2.45, 2.75) is 44.2 Å². The van der Waals surface area contributed by atoms with Crippen LogP contribution in [0.15, 0.2) is 54.6 Å². The van der Waals surface area contributed by atoms with Gasteiger partial charge in [-0.3, -0.25) is 9.59 Å². The molecule has 2 aromatic carbocycles. The SMILES string of the molecule is COc1ccc([C@@H](O)[C@H](NC(=O)[C@H](C)NC(=O)CC2CNCCO2)C(=O)OCc2ccccc2)cc1. The summed E-state index contributed by atoms with van der Waals surface area (Å²) in [7, 11) is 1.52. The number of esters is 1. The lowest BCUT2D eigenvalue weighted by atomic mass is 10.0. The van der Waals surface area contributed by atoms with Crippen LogP contribution in [0.25, 0.3) is 0 Å². The van der Waals surface area contributed by atoms with E-state index in [1.165, 1.54) is 14.0 Å². The van der Waals surface area contributed by atoms with E-state index in [1.807, 2.05) is 18.2 Å². The number of benzene rings is 2. The summed E-state index contributed by atoms with van der Waals surface area (Å²) in [5.41, 5.74) is 1.14. The van der Waals surface area contributed by atoms with Crippen molar-refractivity contribution in [3.63, 3.8) is 0 Å². The van der Waals surface area contributed by atoms with Crippen molar-refractivity contribution in [1.82, 2.24) is 16.0 Å². The zero-order valence-corrected chi connectivity index (χ0v) is 20.4. The van der Waals surface area contributed by atoms with E-state index in [1.54, 1.807) is 36.4 Å². The summed E-state index contributed by atoms with van der Waals surface area (Å²) in [6, 6.07) is 13.2. The molecular formula is C26H33N3O7. The summed E-state index contributed by atoms with van der Waals surface area (Å²) in [6.45, 7) is 3.28. The Kier molecular flexibility index (Phi) is 10.2. The molecule has 1 fully saturated rings. The molecule has 36 heavy (non-hydrogen) atoms. The van der Waals surface area contributed by atoms with Crippen LogP contribution in [0.1, 0.15) is 30.6 Å². The average molecular weight is 500 g/mol. The number of amides is 2. The molecule has 0 aromatic heterocycles. The molecule has 4 N–H and O–H groups in total. The maximum Gasteiger partial charge on any atom is 0.332 e. The molecule has 2 aromatic rings. The second-order valence-corrected chi connectivity index (χ2v) is 8.49. The maximum atomic E-state index is 13.0. The van der Waals surface area contributed by atoms with E-state index in [9.17, 15) is 19.5 Å². The van der Waals surface area contributed by atoms with Crippen molar-refractivity contribution < 1.29 is 33.7 Å². The summed E-state index contributed by atoms with van der Waals surface area (Å²) in [5.74, 6) is -1.23. The molecule has 0 radical (unpaired) electrons. The Morgan fingerprint density at radius 3 is 2.47 bits per heavy atom. The number of nitrogens with one attached hydrogen (secondary N) is 3. The van der Waals surface area contributed by atoms with Crippen molar-refractivity contribution in [3.8, 4) is 5.75 Å². The molecule has 10 nitrogen and oxygen atoms in total. The van der Waals surface area contributed by atoms with Crippen molar-refractivity contribution >= 4 is 17.8 Å². The lowest BCUT2D eigenvalue weighted by molar-refractivity contribution is -0.153. The Hall–Kier alpha value is -3.47. The van der Waals surface area contributed by atoms with Crippen LogP contribution in [-0.4, -0.2) is 67.9 Å². The zero-order valence-electron chi connectivity index (χ0n) is 20.4. The van der Waals surface area contributed by atoms with Crippen molar-refractivity contribution in [3.05, 3.63) is 65.7 Å². The fourth-order valence-electron chi connectivity index (χ4n) is 3.68. The molecule has 2 amide bonds. The number of carbonyl (C=O) groups excluding carboxylic acids is 3. The van der Waals surface area contributed by atoms with Crippen LogP contribution in [0.5, 0.6) is 5.75 Å². The van der Waals surface area contributed by atoms with E-state index < -0.39 is 30.1 Å². The normalized spacial score (nSPS) is 17.8. The fourth-order valence-corrected chi connectivity index (χ4v) is 3.68. The van der Waals surface area contributed by atoms with Crippen LogP contribution >= 0.6 is 0 Å². The molecule has 10 heteroatoms. The molecule has 0 bridgehead atoms. The molecule has 1 unspecified atom stereocenters. The Balaban J connectivity index is 1.66. The molecule has 1 aliphatic heterocycles. The van der Waals surface area contributed by atoms with Gasteiger partial charge in [-0.2, -0.15) is 0 Å². The predicted octanol–water partition coefficient (Wildman–Crippen LogP) is 0.840. The van der Waals surface area contributed by atoms with Crippen LogP contribution < -0.4 is 20.7 Å². The first kappa shape index (κ1) is 27.1. The summed E-state index contributed by atoms with van der Waals surface area (Å²) < 4.78 is 16.0. The Labute approximate surface area is 210 Å². The number of morpholine rings is 1. The van der Waals surface area contributed by atoms with E-state index in [0.717, 1.165) is 12.1 Å². The highest BCUT2D eigenvalue weighted by molar-refractivity contribution is 5.90. The number of ether oxygens (including phenoxy) is 3. The van der Waals surface area contributed by atoms with Crippen LogP contribution in [0.2, 0.25) is 0 Å². The van der Waals surface area contributed by atoms with Gasteiger partial charge in [-0.05, 0) is 30.2 Å². The van der Waals surface area contributed by atoms with Gasteiger partial charge in [-0.25, -0.2) is 4.79 Å². The third kappa shape index (κ3) is 8.04. The molecule has 1 heterocycles. The van der Waals surface area contributed by atoms with Gasteiger partial charge >= 0.3 is 5.97 Å². The molecule has 1 aliphatic rings. The average Bonchev–Trinajstić information content (AvgIpc) is 2.91. The molecule has 4 atom stereocenters.